The van der Waals surface area contributed by atoms with Crippen molar-refractivity contribution < 1.29 is 80.2 Å². The average molecular weight is 1410 g/mol. The molecule has 17 nitrogen and oxygen atoms in total. The van der Waals surface area contributed by atoms with Crippen molar-refractivity contribution in [3.8, 4) is 0 Å². The second-order valence-electron chi connectivity index (χ2n) is 29.4. The van der Waals surface area contributed by atoms with Gasteiger partial charge in [-0.3, -0.25) is 37.3 Å². The highest BCUT2D eigenvalue weighted by Gasteiger charge is 2.30. The minimum Gasteiger partial charge on any atom is -0.462 e. The normalized spacial score (nSPS) is 14.4. The van der Waals surface area contributed by atoms with E-state index in [2.05, 4.69) is 55.4 Å². The van der Waals surface area contributed by atoms with Crippen LogP contribution in [-0.2, 0) is 65.4 Å². The molecule has 0 rings (SSSR count). The Morgan fingerprint density at radius 1 is 0.292 bits per heavy atom. The van der Waals surface area contributed by atoms with Crippen LogP contribution in [0.2, 0.25) is 0 Å². The van der Waals surface area contributed by atoms with E-state index >= 15 is 0 Å². The van der Waals surface area contributed by atoms with Crippen LogP contribution < -0.4 is 0 Å². The summed E-state index contributed by atoms with van der Waals surface area (Å²) in [6, 6.07) is 0. The van der Waals surface area contributed by atoms with Gasteiger partial charge in [0.15, 0.2) is 12.2 Å². The molecule has 0 aromatic carbocycles. The first-order valence-corrected chi connectivity index (χ1v) is 42.7. The predicted molar refractivity (Wildman–Crippen MR) is 391 cm³/mol. The van der Waals surface area contributed by atoms with Crippen LogP contribution in [0.3, 0.4) is 0 Å². The quantitative estimate of drug-likeness (QED) is 0.0222. The van der Waals surface area contributed by atoms with Crippen LogP contribution in [0.1, 0.15) is 389 Å². The number of rotatable bonds is 74. The standard InChI is InChI=1S/C77H150O17P2/c1-9-70(8)56-48-40-32-24-20-21-25-33-41-49-57-74(79)87-63-72(93-76(81)59-51-43-34-26-18-14-12-10-11-13-16-22-29-37-45-53-67(2)3)65-91-95(83,84)89-61-71(78)62-90-96(85,86)92-66-73(64-88-75(80)58-50-42-36-28-31-39-47-55-69(6)7)94-77(82)60-52-44-35-27-19-15-17-23-30-38-46-54-68(4)5/h67-73,78H,9-66H2,1-8H3,(H,83,84)(H,85,86)/t70?,71?,72-,73-/m1/s1. The number of phosphoric ester groups is 2. The molecule has 570 valence electrons. The number of hydrogen-bond donors (Lipinski definition) is 3. The Hall–Kier alpha value is -1.94. The molecule has 0 aliphatic carbocycles. The first kappa shape index (κ1) is 94.1. The van der Waals surface area contributed by atoms with Crippen molar-refractivity contribution in [1.29, 1.82) is 0 Å². The van der Waals surface area contributed by atoms with Crippen LogP contribution in [0.25, 0.3) is 0 Å². The molecule has 19 heteroatoms. The van der Waals surface area contributed by atoms with E-state index in [9.17, 15) is 43.2 Å². The number of unbranched alkanes of at least 4 members (excludes halogenated alkanes) is 39. The zero-order valence-electron chi connectivity index (χ0n) is 63.0. The summed E-state index contributed by atoms with van der Waals surface area (Å²) in [6.07, 6.45) is 51.3. The molecule has 0 fully saturated rings. The number of aliphatic hydroxyl groups is 1. The SMILES string of the molecule is CCC(C)CCCCCCCCCCCCC(=O)OC[C@H](COP(=O)(O)OCC(O)COP(=O)(O)OC[C@@H](COC(=O)CCCCCCCCCC(C)C)OC(=O)CCCCCCCCCCCCCC(C)C)OC(=O)CCCCCCCCCCCCCCCCCC(C)C. The molecule has 0 radical (unpaired) electrons. The molecule has 0 heterocycles. The van der Waals surface area contributed by atoms with Crippen molar-refractivity contribution in [1.82, 2.24) is 0 Å². The largest absolute Gasteiger partial charge is 0.472 e. The van der Waals surface area contributed by atoms with Crippen LogP contribution in [0.5, 0.6) is 0 Å². The Bertz CT molecular complexity index is 1890. The minimum absolute atomic E-state index is 0.105. The highest BCUT2D eigenvalue weighted by Crippen LogP contribution is 2.45. The number of phosphoric acid groups is 2. The van der Waals surface area contributed by atoms with Gasteiger partial charge in [-0.2, -0.15) is 0 Å². The van der Waals surface area contributed by atoms with Crippen LogP contribution in [0.4, 0.5) is 0 Å². The van der Waals surface area contributed by atoms with Crippen molar-refractivity contribution in [2.75, 3.05) is 39.6 Å². The lowest BCUT2D eigenvalue weighted by Gasteiger charge is -2.21. The van der Waals surface area contributed by atoms with Crippen LogP contribution in [-0.4, -0.2) is 96.7 Å². The fourth-order valence-electron chi connectivity index (χ4n) is 11.7. The number of hydrogen-bond acceptors (Lipinski definition) is 15. The molecule has 4 unspecified atom stereocenters. The molecule has 0 aliphatic heterocycles. The summed E-state index contributed by atoms with van der Waals surface area (Å²) >= 11 is 0. The zero-order valence-corrected chi connectivity index (χ0v) is 64.8. The number of ether oxygens (including phenoxy) is 4. The molecule has 0 saturated heterocycles. The highest BCUT2D eigenvalue weighted by molar-refractivity contribution is 7.47. The summed E-state index contributed by atoms with van der Waals surface area (Å²) < 4.78 is 68.6. The van der Waals surface area contributed by atoms with E-state index in [-0.39, 0.29) is 25.7 Å². The van der Waals surface area contributed by atoms with Crippen molar-refractivity contribution >= 4 is 39.5 Å². The third-order valence-electron chi connectivity index (χ3n) is 18.2. The molecule has 6 atom stereocenters. The summed E-state index contributed by atoms with van der Waals surface area (Å²) in [6.45, 7) is 14.2. The maximum Gasteiger partial charge on any atom is 0.472 e. The highest BCUT2D eigenvalue weighted by atomic mass is 31.2. The van der Waals surface area contributed by atoms with E-state index in [1.165, 1.54) is 186 Å². The summed E-state index contributed by atoms with van der Waals surface area (Å²) in [5.41, 5.74) is 0. The van der Waals surface area contributed by atoms with E-state index in [1.54, 1.807) is 0 Å². The monoisotopic (exact) mass is 1410 g/mol. The van der Waals surface area contributed by atoms with E-state index in [4.69, 9.17) is 37.0 Å². The smallest absolute Gasteiger partial charge is 0.462 e. The maximum atomic E-state index is 13.1. The fourth-order valence-corrected chi connectivity index (χ4v) is 13.3. The molecular formula is C77H150O17P2. The molecule has 0 aromatic rings. The van der Waals surface area contributed by atoms with Crippen molar-refractivity contribution in [2.24, 2.45) is 23.7 Å². The number of aliphatic hydroxyl groups excluding tert-OH is 1. The first-order chi connectivity index (χ1) is 46.1. The van der Waals surface area contributed by atoms with Gasteiger partial charge in [-0.25, -0.2) is 9.13 Å². The van der Waals surface area contributed by atoms with Gasteiger partial charge in [-0.15, -0.1) is 0 Å². The van der Waals surface area contributed by atoms with Gasteiger partial charge in [0.1, 0.15) is 19.3 Å². The number of carbonyl (C=O) groups excluding carboxylic acids is 4. The Morgan fingerprint density at radius 2 is 0.500 bits per heavy atom. The lowest BCUT2D eigenvalue weighted by molar-refractivity contribution is -0.161. The third kappa shape index (κ3) is 69.2. The van der Waals surface area contributed by atoms with E-state index in [0.29, 0.717) is 31.6 Å². The molecule has 0 spiro atoms. The van der Waals surface area contributed by atoms with Crippen molar-refractivity contribution in [3.05, 3.63) is 0 Å². The van der Waals surface area contributed by atoms with E-state index in [0.717, 1.165) is 114 Å². The van der Waals surface area contributed by atoms with Gasteiger partial charge >= 0.3 is 39.5 Å². The number of esters is 4. The molecule has 0 aromatic heterocycles. The predicted octanol–water partition coefficient (Wildman–Crippen LogP) is 22.4. The van der Waals surface area contributed by atoms with Gasteiger partial charge in [0, 0.05) is 25.7 Å². The average Bonchev–Trinajstić information content (AvgIpc) is 2.98. The molecule has 0 bridgehead atoms. The molecular weight excluding hydrogens is 1260 g/mol. The summed E-state index contributed by atoms with van der Waals surface area (Å²) in [4.78, 5) is 72.9. The zero-order chi connectivity index (χ0) is 71.0. The van der Waals surface area contributed by atoms with Crippen LogP contribution in [0.15, 0.2) is 0 Å². The van der Waals surface area contributed by atoms with E-state index < -0.39 is 97.5 Å². The van der Waals surface area contributed by atoms with Crippen molar-refractivity contribution in [2.45, 2.75) is 408 Å². The fraction of sp³-hybridized carbons (Fsp3) is 0.948. The van der Waals surface area contributed by atoms with Crippen LogP contribution >= 0.6 is 15.6 Å². The van der Waals surface area contributed by atoms with Gasteiger partial charge in [-0.1, -0.05) is 338 Å². The number of carbonyl (C=O) groups is 4. The van der Waals surface area contributed by atoms with Gasteiger partial charge in [0.2, 0.25) is 0 Å². The molecule has 0 amide bonds. The molecule has 3 N–H and O–H groups in total. The Balaban J connectivity index is 5.25. The van der Waals surface area contributed by atoms with Crippen molar-refractivity contribution in [3.63, 3.8) is 0 Å². The Kier molecular flexibility index (Phi) is 65.0. The summed E-state index contributed by atoms with van der Waals surface area (Å²) in [7, 11) is -9.92. The van der Waals surface area contributed by atoms with Gasteiger partial charge < -0.3 is 33.8 Å². The van der Waals surface area contributed by atoms with Gasteiger partial charge in [-0.05, 0) is 49.4 Å². The topological polar surface area (TPSA) is 237 Å². The molecule has 0 saturated carbocycles. The van der Waals surface area contributed by atoms with Gasteiger partial charge in [0.25, 0.3) is 0 Å². The van der Waals surface area contributed by atoms with Gasteiger partial charge in [0.05, 0.1) is 26.4 Å². The lowest BCUT2D eigenvalue weighted by atomic mass is 9.99. The second kappa shape index (κ2) is 66.3. The van der Waals surface area contributed by atoms with E-state index in [1.807, 2.05) is 0 Å². The second-order valence-corrected chi connectivity index (χ2v) is 32.3. The maximum absolute atomic E-state index is 13.1. The molecule has 0 aliphatic rings. The summed E-state index contributed by atoms with van der Waals surface area (Å²) in [5.74, 6) is 0.963. The minimum atomic E-state index is -4.96. The molecule has 96 heavy (non-hydrogen) atoms. The van der Waals surface area contributed by atoms with Crippen LogP contribution in [0, 0.1) is 23.7 Å². The lowest BCUT2D eigenvalue weighted by Crippen LogP contribution is -2.30. The first-order valence-electron chi connectivity index (χ1n) is 39.7. The summed E-state index contributed by atoms with van der Waals surface area (Å²) in [5, 5.41) is 10.6. The Labute approximate surface area is 588 Å². The Morgan fingerprint density at radius 3 is 0.740 bits per heavy atom. The third-order valence-corrected chi connectivity index (χ3v) is 20.1.